The second kappa shape index (κ2) is 6.49. The first kappa shape index (κ1) is 15.0. The van der Waals surface area contributed by atoms with Crippen LogP contribution < -0.4 is 4.90 Å². The first-order valence-electron chi connectivity index (χ1n) is 8.79. The van der Waals surface area contributed by atoms with E-state index >= 15 is 0 Å². The monoisotopic (exact) mass is 315 g/mol. The van der Waals surface area contributed by atoms with Gasteiger partial charge < -0.3 is 14.5 Å². The van der Waals surface area contributed by atoms with Gasteiger partial charge in [0, 0.05) is 38.8 Å². The molecule has 3 heterocycles. The smallest absolute Gasteiger partial charge is 0.180 e. The molecule has 2 saturated heterocycles. The third-order valence-corrected chi connectivity index (χ3v) is 5.43. The topological polar surface area (TPSA) is 52.7 Å². The maximum atomic E-state index is 9.02. The van der Waals surface area contributed by atoms with Gasteiger partial charge in [0.05, 0.1) is 5.39 Å². The van der Waals surface area contributed by atoms with Crippen molar-refractivity contribution < 1.29 is 9.63 Å². The number of aliphatic hydroxyl groups excluding tert-OH is 1. The number of rotatable bonds is 4. The standard InChI is InChI=1S/C18H25N3O2/c22-11-3-4-14-7-8-15-13-21(10-9-20(15)12-14)18-16-5-1-2-6-17(16)23-19-18/h1-2,5-6,14-15,22H,3-4,7-13H2. The number of piperazine rings is 1. The lowest BCUT2D eigenvalue weighted by Crippen LogP contribution is -2.56. The van der Waals surface area contributed by atoms with E-state index in [1.165, 1.54) is 19.4 Å². The predicted molar refractivity (Wildman–Crippen MR) is 90.6 cm³/mol. The highest BCUT2D eigenvalue weighted by Gasteiger charge is 2.33. The minimum atomic E-state index is 0.326. The Balaban J connectivity index is 1.44. The molecule has 2 aliphatic heterocycles. The molecule has 2 aliphatic rings. The molecule has 2 atom stereocenters. The molecule has 0 aliphatic carbocycles. The molecule has 4 rings (SSSR count). The van der Waals surface area contributed by atoms with E-state index in [4.69, 9.17) is 9.63 Å². The summed E-state index contributed by atoms with van der Waals surface area (Å²) in [5.41, 5.74) is 0.873. The minimum Gasteiger partial charge on any atom is -0.396 e. The van der Waals surface area contributed by atoms with E-state index in [1.807, 2.05) is 18.2 Å². The molecule has 0 bridgehead atoms. The molecule has 2 aromatic rings. The van der Waals surface area contributed by atoms with Crippen LogP contribution in [0.3, 0.4) is 0 Å². The van der Waals surface area contributed by atoms with Gasteiger partial charge in [0.15, 0.2) is 11.4 Å². The Hall–Kier alpha value is -1.59. The summed E-state index contributed by atoms with van der Waals surface area (Å²) in [4.78, 5) is 5.03. The Kier molecular flexibility index (Phi) is 4.23. The van der Waals surface area contributed by atoms with Crippen LogP contribution >= 0.6 is 0 Å². The lowest BCUT2D eigenvalue weighted by atomic mass is 9.88. The van der Waals surface area contributed by atoms with Gasteiger partial charge in [-0.25, -0.2) is 0 Å². The number of hydrogen-bond acceptors (Lipinski definition) is 5. The van der Waals surface area contributed by atoms with Gasteiger partial charge in [0.25, 0.3) is 0 Å². The van der Waals surface area contributed by atoms with Gasteiger partial charge in [-0.2, -0.15) is 0 Å². The number of anilines is 1. The zero-order valence-electron chi connectivity index (χ0n) is 13.5. The molecular weight excluding hydrogens is 290 g/mol. The summed E-state index contributed by atoms with van der Waals surface area (Å²) in [6, 6.07) is 8.74. The molecule has 1 aromatic heterocycles. The Morgan fingerprint density at radius 1 is 1.17 bits per heavy atom. The molecule has 5 nitrogen and oxygen atoms in total. The highest BCUT2D eigenvalue weighted by molar-refractivity contribution is 5.88. The molecule has 5 heteroatoms. The molecule has 0 radical (unpaired) electrons. The Labute approximate surface area is 136 Å². The lowest BCUT2D eigenvalue weighted by molar-refractivity contribution is 0.0886. The van der Waals surface area contributed by atoms with Crippen molar-refractivity contribution in [1.29, 1.82) is 0 Å². The summed E-state index contributed by atoms with van der Waals surface area (Å²) in [7, 11) is 0. The van der Waals surface area contributed by atoms with E-state index in [0.717, 1.165) is 55.2 Å². The Bertz CT molecular complexity index is 657. The zero-order valence-corrected chi connectivity index (χ0v) is 13.5. The second-order valence-electron chi connectivity index (χ2n) is 6.91. The van der Waals surface area contributed by atoms with Crippen molar-refractivity contribution in [1.82, 2.24) is 10.1 Å². The van der Waals surface area contributed by atoms with Gasteiger partial charge in [-0.1, -0.05) is 17.3 Å². The summed E-state index contributed by atoms with van der Waals surface area (Å²) in [5.74, 6) is 1.76. The largest absolute Gasteiger partial charge is 0.396 e. The third kappa shape index (κ3) is 2.95. The quantitative estimate of drug-likeness (QED) is 0.939. The molecule has 0 amide bonds. The van der Waals surface area contributed by atoms with Crippen LogP contribution in [0.25, 0.3) is 11.0 Å². The summed E-state index contributed by atoms with van der Waals surface area (Å²) >= 11 is 0. The van der Waals surface area contributed by atoms with Crippen molar-refractivity contribution in [3.8, 4) is 0 Å². The van der Waals surface area contributed by atoms with E-state index in [2.05, 4.69) is 21.0 Å². The van der Waals surface area contributed by atoms with Crippen LogP contribution in [0.15, 0.2) is 28.8 Å². The molecule has 124 valence electrons. The van der Waals surface area contributed by atoms with Crippen molar-refractivity contribution in [3.05, 3.63) is 24.3 Å². The zero-order chi connectivity index (χ0) is 15.6. The fourth-order valence-corrected chi connectivity index (χ4v) is 4.17. The second-order valence-corrected chi connectivity index (χ2v) is 6.91. The highest BCUT2D eigenvalue weighted by atomic mass is 16.5. The highest BCUT2D eigenvalue weighted by Crippen LogP contribution is 2.32. The van der Waals surface area contributed by atoms with Gasteiger partial charge in [-0.3, -0.25) is 4.90 Å². The average molecular weight is 315 g/mol. The summed E-state index contributed by atoms with van der Waals surface area (Å²) in [5, 5.41) is 14.5. The van der Waals surface area contributed by atoms with Crippen LogP contribution in [-0.2, 0) is 0 Å². The number of piperidine rings is 1. The third-order valence-electron chi connectivity index (χ3n) is 5.43. The molecule has 2 fully saturated rings. The SMILES string of the molecule is OCCCC1CCC2CN(c3noc4ccccc34)CCN2C1. The van der Waals surface area contributed by atoms with Crippen LogP contribution in [-0.4, -0.2) is 54.0 Å². The Morgan fingerprint density at radius 2 is 2.09 bits per heavy atom. The van der Waals surface area contributed by atoms with E-state index in [1.54, 1.807) is 0 Å². The molecule has 1 aromatic carbocycles. The van der Waals surface area contributed by atoms with Crippen molar-refractivity contribution in [2.45, 2.75) is 31.7 Å². The van der Waals surface area contributed by atoms with Crippen molar-refractivity contribution in [2.24, 2.45) is 5.92 Å². The first-order valence-corrected chi connectivity index (χ1v) is 8.79. The number of fused-ring (bicyclic) bond motifs is 2. The van der Waals surface area contributed by atoms with E-state index in [9.17, 15) is 0 Å². The number of hydrogen-bond donors (Lipinski definition) is 1. The maximum absolute atomic E-state index is 9.02. The van der Waals surface area contributed by atoms with Crippen LogP contribution in [0.5, 0.6) is 0 Å². The summed E-state index contributed by atoms with van der Waals surface area (Å²) < 4.78 is 5.47. The van der Waals surface area contributed by atoms with Gasteiger partial charge in [-0.05, 0) is 43.7 Å². The van der Waals surface area contributed by atoms with Crippen LogP contribution in [0.4, 0.5) is 5.82 Å². The van der Waals surface area contributed by atoms with Gasteiger partial charge in [0.2, 0.25) is 0 Å². The minimum absolute atomic E-state index is 0.326. The molecule has 0 saturated carbocycles. The van der Waals surface area contributed by atoms with Gasteiger partial charge in [0.1, 0.15) is 0 Å². The summed E-state index contributed by atoms with van der Waals surface area (Å²) in [6.45, 7) is 4.68. The number of aliphatic hydroxyl groups is 1. The molecule has 23 heavy (non-hydrogen) atoms. The predicted octanol–water partition coefficient (Wildman–Crippen LogP) is 2.50. The lowest BCUT2D eigenvalue weighted by Gasteiger charge is -2.46. The van der Waals surface area contributed by atoms with E-state index in [0.29, 0.717) is 12.6 Å². The number of para-hydroxylation sites is 1. The fraction of sp³-hybridized carbons (Fsp3) is 0.611. The van der Waals surface area contributed by atoms with E-state index in [-0.39, 0.29) is 0 Å². The summed E-state index contributed by atoms with van der Waals surface area (Å²) in [6.07, 6.45) is 4.65. The molecular formula is C18H25N3O2. The van der Waals surface area contributed by atoms with Crippen molar-refractivity contribution >= 4 is 16.8 Å². The number of benzene rings is 1. The normalized spacial score (nSPS) is 25.7. The average Bonchev–Trinajstić information content (AvgIpc) is 3.03. The Morgan fingerprint density at radius 3 is 3.00 bits per heavy atom. The van der Waals surface area contributed by atoms with Crippen molar-refractivity contribution in [3.63, 3.8) is 0 Å². The van der Waals surface area contributed by atoms with Crippen LogP contribution in [0.2, 0.25) is 0 Å². The van der Waals surface area contributed by atoms with Crippen molar-refractivity contribution in [2.75, 3.05) is 37.7 Å². The number of aromatic nitrogens is 1. The maximum Gasteiger partial charge on any atom is 0.180 e. The molecule has 0 spiro atoms. The van der Waals surface area contributed by atoms with Crippen LogP contribution in [0, 0.1) is 5.92 Å². The molecule has 2 unspecified atom stereocenters. The number of nitrogens with zero attached hydrogens (tertiary/aromatic N) is 3. The fourth-order valence-electron chi connectivity index (χ4n) is 4.17. The van der Waals surface area contributed by atoms with Crippen LogP contribution in [0.1, 0.15) is 25.7 Å². The van der Waals surface area contributed by atoms with Gasteiger partial charge in [-0.15, -0.1) is 0 Å². The van der Waals surface area contributed by atoms with E-state index < -0.39 is 0 Å². The molecule has 1 N–H and O–H groups in total. The van der Waals surface area contributed by atoms with Gasteiger partial charge >= 0.3 is 0 Å². The first-order chi connectivity index (χ1) is 11.3.